The first kappa shape index (κ1) is 19.6. The number of benzene rings is 1. The quantitative estimate of drug-likeness (QED) is 0.733. The second-order valence-electron chi connectivity index (χ2n) is 5.04. The third kappa shape index (κ3) is 5.62. The highest BCUT2D eigenvalue weighted by molar-refractivity contribution is 5.94. The summed E-state index contributed by atoms with van der Waals surface area (Å²) in [6, 6.07) is 4.27. The fourth-order valence-electron chi connectivity index (χ4n) is 2.23. The third-order valence-corrected chi connectivity index (χ3v) is 3.41. The standard InChI is InChI=1S/C15H21FN2O4.ClH/c1-20-6-7-21-13-4-2-10(8-12(13)16)18-15(19)14-5-3-11(9-17)22-14;/h2,4,8,11,14H,3,5-7,9,17H2,1H3,(H,18,19);1H/t11-,14+;/m1./s1. The Hall–Kier alpha value is -1.41. The van der Waals surface area contributed by atoms with Crippen molar-refractivity contribution in [3.05, 3.63) is 24.0 Å². The van der Waals surface area contributed by atoms with Crippen LogP contribution in [0.4, 0.5) is 10.1 Å². The fraction of sp³-hybridized carbons (Fsp3) is 0.533. The Kier molecular flexibility index (Phi) is 8.25. The number of carbonyl (C=O) groups excluding carboxylic acids is 1. The summed E-state index contributed by atoms with van der Waals surface area (Å²) in [5.41, 5.74) is 5.87. The van der Waals surface area contributed by atoms with Crippen molar-refractivity contribution in [1.29, 1.82) is 0 Å². The number of nitrogens with one attached hydrogen (secondary N) is 1. The number of ether oxygens (including phenoxy) is 3. The van der Waals surface area contributed by atoms with Crippen LogP contribution in [0.25, 0.3) is 0 Å². The van der Waals surface area contributed by atoms with Gasteiger partial charge in [-0.1, -0.05) is 0 Å². The minimum Gasteiger partial charge on any atom is -0.488 e. The third-order valence-electron chi connectivity index (χ3n) is 3.41. The molecule has 0 spiro atoms. The second kappa shape index (κ2) is 9.67. The molecule has 1 aromatic carbocycles. The highest BCUT2D eigenvalue weighted by Gasteiger charge is 2.29. The molecule has 0 aromatic heterocycles. The van der Waals surface area contributed by atoms with Crippen LogP contribution in [0.1, 0.15) is 12.8 Å². The SMILES string of the molecule is COCCOc1ccc(NC(=O)[C@@H]2CC[C@H](CN)O2)cc1F.Cl. The average Bonchev–Trinajstić information content (AvgIpc) is 2.99. The van der Waals surface area contributed by atoms with Crippen LogP contribution in [0.15, 0.2) is 18.2 Å². The molecule has 1 fully saturated rings. The highest BCUT2D eigenvalue weighted by atomic mass is 35.5. The van der Waals surface area contributed by atoms with Gasteiger partial charge >= 0.3 is 0 Å². The largest absolute Gasteiger partial charge is 0.488 e. The molecule has 130 valence electrons. The predicted molar refractivity (Wildman–Crippen MR) is 86.6 cm³/mol. The summed E-state index contributed by atoms with van der Waals surface area (Å²) >= 11 is 0. The van der Waals surface area contributed by atoms with E-state index in [9.17, 15) is 9.18 Å². The van der Waals surface area contributed by atoms with Gasteiger partial charge in [0.25, 0.3) is 5.91 Å². The Bertz CT molecular complexity index is 518. The van der Waals surface area contributed by atoms with Crippen molar-refractivity contribution in [2.45, 2.75) is 25.0 Å². The summed E-state index contributed by atoms with van der Waals surface area (Å²) in [5, 5.41) is 2.64. The minimum absolute atomic E-state index is 0. The number of methoxy groups -OCH3 is 1. The molecule has 0 aliphatic carbocycles. The van der Waals surface area contributed by atoms with E-state index in [2.05, 4.69) is 5.32 Å². The Morgan fingerprint density at radius 1 is 1.43 bits per heavy atom. The number of hydrogen-bond donors (Lipinski definition) is 2. The van der Waals surface area contributed by atoms with E-state index < -0.39 is 11.9 Å². The molecule has 0 saturated carbocycles. The predicted octanol–water partition coefficient (Wildman–Crippen LogP) is 1.72. The maximum atomic E-state index is 13.9. The summed E-state index contributed by atoms with van der Waals surface area (Å²) in [4.78, 5) is 12.0. The van der Waals surface area contributed by atoms with Gasteiger partial charge in [-0.05, 0) is 25.0 Å². The number of rotatable bonds is 7. The van der Waals surface area contributed by atoms with Crippen LogP contribution in [0.5, 0.6) is 5.75 Å². The molecule has 0 unspecified atom stereocenters. The van der Waals surface area contributed by atoms with E-state index in [1.807, 2.05) is 0 Å². The monoisotopic (exact) mass is 348 g/mol. The number of anilines is 1. The molecule has 1 aliphatic rings. The summed E-state index contributed by atoms with van der Waals surface area (Å²) < 4.78 is 29.4. The van der Waals surface area contributed by atoms with Gasteiger partial charge in [0.2, 0.25) is 0 Å². The lowest BCUT2D eigenvalue weighted by molar-refractivity contribution is -0.126. The molecular formula is C15H22ClFN2O4. The smallest absolute Gasteiger partial charge is 0.253 e. The Labute approximate surface area is 140 Å². The average molecular weight is 349 g/mol. The lowest BCUT2D eigenvalue weighted by Crippen LogP contribution is -2.29. The highest BCUT2D eigenvalue weighted by Crippen LogP contribution is 2.23. The van der Waals surface area contributed by atoms with E-state index in [1.165, 1.54) is 12.1 Å². The number of halogens is 2. The van der Waals surface area contributed by atoms with Crippen molar-refractivity contribution in [3.8, 4) is 5.75 Å². The van der Waals surface area contributed by atoms with E-state index in [0.717, 1.165) is 6.42 Å². The van der Waals surface area contributed by atoms with Gasteiger partial charge in [0.1, 0.15) is 12.7 Å². The van der Waals surface area contributed by atoms with E-state index in [1.54, 1.807) is 13.2 Å². The van der Waals surface area contributed by atoms with Gasteiger partial charge in [-0.2, -0.15) is 0 Å². The molecule has 2 rings (SSSR count). The summed E-state index contributed by atoms with van der Waals surface area (Å²) in [6.07, 6.45) is 0.766. The van der Waals surface area contributed by atoms with Crippen LogP contribution in [-0.2, 0) is 14.3 Å². The minimum atomic E-state index is -0.541. The van der Waals surface area contributed by atoms with Crippen LogP contribution in [0, 0.1) is 5.82 Å². The van der Waals surface area contributed by atoms with Gasteiger partial charge in [0.15, 0.2) is 11.6 Å². The van der Waals surface area contributed by atoms with Crippen molar-refractivity contribution >= 4 is 24.0 Å². The van der Waals surface area contributed by atoms with Crippen LogP contribution in [0.3, 0.4) is 0 Å². The van der Waals surface area contributed by atoms with Gasteiger partial charge < -0.3 is 25.3 Å². The van der Waals surface area contributed by atoms with E-state index >= 15 is 0 Å². The zero-order chi connectivity index (χ0) is 15.9. The molecule has 0 radical (unpaired) electrons. The van der Waals surface area contributed by atoms with Gasteiger partial charge in [-0.15, -0.1) is 12.4 Å². The van der Waals surface area contributed by atoms with Crippen molar-refractivity contribution in [1.82, 2.24) is 0 Å². The molecular weight excluding hydrogens is 327 g/mol. The zero-order valence-corrected chi connectivity index (χ0v) is 13.7. The molecule has 8 heteroatoms. The number of hydrogen-bond acceptors (Lipinski definition) is 5. The number of nitrogens with two attached hydrogens (primary N) is 1. The maximum Gasteiger partial charge on any atom is 0.253 e. The molecule has 1 amide bonds. The molecule has 3 N–H and O–H groups in total. The normalized spacial score (nSPS) is 20.0. The summed E-state index contributed by atoms with van der Waals surface area (Å²) in [5.74, 6) is -0.708. The van der Waals surface area contributed by atoms with E-state index in [4.69, 9.17) is 19.9 Å². The second-order valence-corrected chi connectivity index (χ2v) is 5.04. The summed E-state index contributed by atoms with van der Waals surface area (Å²) in [6.45, 7) is 1.03. The number of carbonyl (C=O) groups is 1. The van der Waals surface area contributed by atoms with Crippen molar-refractivity contribution in [2.75, 3.05) is 32.2 Å². The summed E-state index contributed by atoms with van der Waals surface area (Å²) in [7, 11) is 1.54. The number of amides is 1. The van der Waals surface area contributed by atoms with Gasteiger partial charge in [0, 0.05) is 25.4 Å². The van der Waals surface area contributed by atoms with Gasteiger partial charge in [-0.25, -0.2) is 4.39 Å². The first-order valence-corrected chi connectivity index (χ1v) is 7.21. The first-order chi connectivity index (χ1) is 10.6. The fourth-order valence-corrected chi connectivity index (χ4v) is 2.23. The van der Waals surface area contributed by atoms with Crippen LogP contribution >= 0.6 is 12.4 Å². The Morgan fingerprint density at radius 3 is 2.83 bits per heavy atom. The Morgan fingerprint density at radius 2 is 2.22 bits per heavy atom. The first-order valence-electron chi connectivity index (χ1n) is 7.21. The van der Waals surface area contributed by atoms with Crippen LogP contribution in [0.2, 0.25) is 0 Å². The van der Waals surface area contributed by atoms with Gasteiger partial charge in [-0.3, -0.25) is 4.79 Å². The van der Waals surface area contributed by atoms with Crippen molar-refractivity contribution < 1.29 is 23.4 Å². The molecule has 23 heavy (non-hydrogen) atoms. The Balaban J connectivity index is 0.00000264. The van der Waals surface area contributed by atoms with Crippen molar-refractivity contribution in [3.63, 3.8) is 0 Å². The molecule has 0 bridgehead atoms. The van der Waals surface area contributed by atoms with E-state index in [-0.39, 0.29) is 36.8 Å². The maximum absolute atomic E-state index is 13.9. The zero-order valence-electron chi connectivity index (χ0n) is 12.9. The van der Waals surface area contributed by atoms with Crippen LogP contribution in [-0.4, -0.2) is 45.0 Å². The lowest BCUT2D eigenvalue weighted by Gasteiger charge is -2.13. The van der Waals surface area contributed by atoms with Crippen molar-refractivity contribution in [2.24, 2.45) is 5.73 Å². The molecule has 1 aromatic rings. The molecule has 1 aliphatic heterocycles. The van der Waals surface area contributed by atoms with Crippen LogP contribution < -0.4 is 15.8 Å². The molecule has 2 atom stereocenters. The topological polar surface area (TPSA) is 82.8 Å². The van der Waals surface area contributed by atoms with E-state index in [0.29, 0.717) is 25.3 Å². The molecule has 6 nitrogen and oxygen atoms in total. The van der Waals surface area contributed by atoms with Gasteiger partial charge in [0.05, 0.1) is 12.7 Å². The molecule has 1 saturated heterocycles. The lowest BCUT2D eigenvalue weighted by atomic mass is 10.2. The molecule has 1 heterocycles.